The Bertz CT molecular complexity index is 654. The second kappa shape index (κ2) is 7.23. The summed E-state index contributed by atoms with van der Waals surface area (Å²) in [7, 11) is 0. The van der Waals surface area contributed by atoms with E-state index in [0.29, 0.717) is 24.1 Å². The molecular formula is C16H20N2O5. The van der Waals surface area contributed by atoms with Crippen LogP contribution in [0.15, 0.2) is 17.7 Å². The average Bonchev–Trinajstić information content (AvgIpc) is 2.52. The molecule has 1 fully saturated rings. The summed E-state index contributed by atoms with van der Waals surface area (Å²) in [4.78, 5) is 24.6. The highest BCUT2D eigenvalue weighted by atomic mass is 16.6. The number of likely N-dealkylation sites (N-methyl/N-ethyl adjacent to an activating group) is 1. The molecule has 1 saturated heterocycles. The van der Waals surface area contributed by atoms with E-state index in [2.05, 4.69) is 4.90 Å². The summed E-state index contributed by atoms with van der Waals surface area (Å²) in [5.74, 6) is -0.406. The number of Topliss-reactive ketones (excluding diaryl/α,β-unsaturated/α-hetero) is 1. The summed E-state index contributed by atoms with van der Waals surface area (Å²) in [5, 5.41) is 21.0. The van der Waals surface area contributed by atoms with Gasteiger partial charge >= 0.3 is 5.69 Å². The molecule has 23 heavy (non-hydrogen) atoms. The minimum Gasteiger partial charge on any atom is -0.500 e. The molecule has 0 saturated carbocycles. The number of hydrogen-bond acceptors (Lipinski definition) is 6. The van der Waals surface area contributed by atoms with Crippen molar-refractivity contribution in [1.82, 2.24) is 4.90 Å². The van der Waals surface area contributed by atoms with Gasteiger partial charge in [0.2, 0.25) is 5.75 Å². The molecule has 1 aromatic carbocycles. The summed E-state index contributed by atoms with van der Waals surface area (Å²) < 4.78 is 5.25. The number of nitro benzene ring substituents is 1. The first-order chi connectivity index (χ1) is 11.0. The van der Waals surface area contributed by atoms with Crippen LogP contribution in [-0.2, 0) is 4.79 Å². The van der Waals surface area contributed by atoms with Gasteiger partial charge in [-0.25, -0.2) is 0 Å². The van der Waals surface area contributed by atoms with Crippen molar-refractivity contribution in [2.75, 3.05) is 26.2 Å². The quantitative estimate of drug-likeness (QED) is 0.508. The van der Waals surface area contributed by atoms with Crippen LogP contribution in [0.2, 0.25) is 0 Å². The Morgan fingerprint density at radius 2 is 2.17 bits per heavy atom. The number of likely N-dealkylation sites (tertiary alicyclic amines) is 1. The van der Waals surface area contributed by atoms with Crippen LogP contribution in [0.3, 0.4) is 0 Å². The van der Waals surface area contributed by atoms with Crippen LogP contribution < -0.4 is 4.74 Å². The Kier molecular flexibility index (Phi) is 5.33. The fourth-order valence-electron chi connectivity index (χ4n) is 2.53. The smallest absolute Gasteiger partial charge is 0.315 e. The predicted octanol–water partition coefficient (Wildman–Crippen LogP) is 2.38. The maximum absolute atomic E-state index is 12.0. The molecule has 0 atom stereocenters. The molecule has 1 aliphatic heterocycles. The molecule has 0 aromatic heterocycles. The summed E-state index contributed by atoms with van der Waals surface area (Å²) in [5.41, 5.74) is 0.651. The number of hydrogen-bond donors (Lipinski definition) is 1. The number of ether oxygens (including phenoxy) is 1. The Morgan fingerprint density at radius 1 is 1.43 bits per heavy atom. The summed E-state index contributed by atoms with van der Waals surface area (Å²) >= 11 is 0. The molecule has 7 nitrogen and oxygen atoms in total. The van der Waals surface area contributed by atoms with Crippen molar-refractivity contribution in [3.63, 3.8) is 0 Å². The van der Waals surface area contributed by atoms with Crippen LogP contribution >= 0.6 is 0 Å². The summed E-state index contributed by atoms with van der Waals surface area (Å²) in [6, 6.07) is 2.76. The maximum atomic E-state index is 12.0. The van der Waals surface area contributed by atoms with Crippen LogP contribution in [0.1, 0.15) is 25.8 Å². The van der Waals surface area contributed by atoms with Crippen LogP contribution in [0, 0.1) is 10.1 Å². The minimum absolute atomic E-state index is 0.0448. The van der Waals surface area contributed by atoms with Gasteiger partial charge in [0.15, 0.2) is 11.5 Å². The molecule has 0 radical (unpaired) electrons. The number of nitro groups is 1. The van der Waals surface area contributed by atoms with Crippen LogP contribution in [0.5, 0.6) is 11.5 Å². The Hall–Kier alpha value is -2.41. The van der Waals surface area contributed by atoms with Crippen molar-refractivity contribution >= 4 is 17.5 Å². The molecule has 124 valence electrons. The van der Waals surface area contributed by atoms with Crippen molar-refractivity contribution in [2.24, 2.45) is 0 Å². The third-order valence-electron chi connectivity index (χ3n) is 3.77. The van der Waals surface area contributed by atoms with Crippen molar-refractivity contribution < 1.29 is 19.6 Å². The summed E-state index contributed by atoms with van der Waals surface area (Å²) in [6.45, 7) is 6.10. The van der Waals surface area contributed by atoms with Crippen LogP contribution in [0.4, 0.5) is 5.69 Å². The molecular weight excluding hydrogens is 300 g/mol. The van der Waals surface area contributed by atoms with E-state index in [1.807, 2.05) is 6.92 Å². The highest BCUT2D eigenvalue weighted by Crippen LogP contribution is 2.37. The summed E-state index contributed by atoms with van der Waals surface area (Å²) in [6.07, 6.45) is 2.08. The number of nitrogens with zero attached hydrogens (tertiary/aromatic N) is 2. The van der Waals surface area contributed by atoms with Crippen molar-refractivity contribution in [3.8, 4) is 11.5 Å². The first-order valence-electron chi connectivity index (χ1n) is 7.56. The number of ketones is 1. The largest absolute Gasteiger partial charge is 0.500 e. The van der Waals surface area contributed by atoms with E-state index < -0.39 is 16.4 Å². The van der Waals surface area contributed by atoms with Gasteiger partial charge in [-0.15, -0.1) is 0 Å². The van der Waals surface area contributed by atoms with Gasteiger partial charge in [0, 0.05) is 31.1 Å². The zero-order chi connectivity index (χ0) is 17.0. The number of phenolic OH excluding ortho intramolecular Hbond substituents is 1. The molecule has 1 heterocycles. The van der Waals surface area contributed by atoms with Crippen molar-refractivity contribution in [2.45, 2.75) is 20.3 Å². The lowest BCUT2D eigenvalue weighted by Crippen LogP contribution is -2.35. The van der Waals surface area contributed by atoms with Gasteiger partial charge in [-0.2, -0.15) is 0 Å². The van der Waals surface area contributed by atoms with E-state index in [1.54, 1.807) is 13.0 Å². The van der Waals surface area contributed by atoms with Gasteiger partial charge < -0.3 is 9.84 Å². The lowest BCUT2D eigenvalue weighted by atomic mass is 10.00. The molecule has 0 bridgehead atoms. The topological polar surface area (TPSA) is 92.9 Å². The molecule has 7 heteroatoms. The number of benzene rings is 1. The zero-order valence-corrected chi connectivity index (χ0v) is 13.2. The lowest BCUT2D eigenvalue weighted by Gasteiger charge is -2.26. The number of carbonyl (C=O) groups excluding carboxylic acids is 1. The third kappa shape index (κ3) is 3.87. The number of aromatic hydroxyl groups is 1. The normalized spacial score (nSPS) is 17.5. The highest BCUT2D eigenvalue weighted by Gasteiger charge is 2.23. The van der Waals surface area contributed by atoms with Crippen molar-refractivity contribution in [1.29, 1.82) is 0 Å². The molecule has 1 aromatic rings. The van der Waals surface area contributed by atoms with Crippen LogP contribution in [0.25, 0.3) is 6.08 Å². The Morgan fingerprint density at radius 3 is 2.78 bits per heavy atom. The second-order valence-electron chi connectivity index (χ2n) is 5.29. The van der Waals surface area contributed by atoms with Gasteiger partial charge in [-0.1, -0.05) is 6.92 Å². The standard InChI is InChI=1S/C16H20N2O5/c1-3-17-6-5-14(19)12(10-17)7-11-8-13(18(21)22)16(20)15(9-11)23-4-2/h7-9,20H,3-6,10H2,1-2H3/b12-7+. The molecule has 0 unspecified atom stereocenters. The molecule has 0 spiro atoms. The second-order valence-corrected chi connectivity index (χ2v) is 5.29. The van der Waals surface area contributed by atoms with E-state index >= 15 is 0 Å². The van der Waals surface area contributed by atoms with E-state index in [0.717, 1.165) is 13.1 Å². The van der Waals surface area contributed by atoms with Gasteiger partial charge in [-0.3, -0.25) is 19.8 Å². The van der Waals surface area contributed by atoms with E-state index in [9.17, 15) is 20.0 Å². The fraction of sp³-hybridized carbons (Fsp3) is 0.438. The number of carbonyl (C=O) groups is 1. The van der Waals surface area contributed by atoms with E-state index in [4.69, 9.17) is 4.74 Å². The lowest BCUT2D eigenvalue weighted by molar-refractivity contribution is -0.386. The monoisotopic (exact) mass is 320 g/mol. The van der Waals surface area contributed by atoms with Gasteiger partial charge in [0.05, 0.1) is 11.5 Å². The molecule has 0 amide bonds. The van der Waals surface area contributed by atoms with E-state index in [-0.39, 0.29) is 18.1 Å². The number of piperidine rings is 1. The molecule has 2 rings (SSSR count). The zero-order valence-electron chi connectivity index (χ0n) is 13.2. The number of phenols is 1. The third-order valence-corrected chi connectivity index (χ3v) is 3.77. The first-order valence-corrected chi connectivity index (χ1v) is 7.56. The maximum Gasteiger partial charge on any atom is 0.315 e. The molecule has 1 aliphatic rings. The average molecular weight is 320 g/mol. The SMILES string of the molecule is CCOc1cc(/C=C2\CN(CC)CCC2=O)cc([N+](=O)[O-])c1O. The van der Waals surface area contributed by atoms with Gasteiger partial charge in [0.1, 0.15) is 0 Å². The fourth-order valence-corrected chi connectivity index (χ4v) is 2.53. The number of rotatable bonds is 5. The van der Waals surface area contributed by atoms with Gasteiger partial charge in [0.25, 0.3) is 0 Å². The Labute approximate surface area is 134 Å². The van der Waals surface area contributed by atoms with Crippen LogP contribution in [-0.4, -0.2) is 47.0 Å². The molecule has 1 N–H and O–H groups in total. The predicted molar refractivity (Wildman–Crippen MR) is 85.6 cm³/mol. The Balaban J connectivity index is 2.43. The van der Waals surface area contributed by atoms with Gasteiger partial charge in [-0.05, 0) is 31.2 Å². The van der Waals surface area contributed by atoms with Crippen molar-refractivity contribution in [3.05, 3.63) is 33.4 Å². The minimum atomic E-state index is -0.666. The first kappa shape index (κ1) is 17.0. The van der Waals surface area contributed by atoms with E-state index in [1.165, 1.54) is 12.1 Å². The highest BCUT2D eigenvalue weighted by molar-refractivity contribution is 6.00. The molecule has 0 aliphatic carbocycles.